The van der Waals surface area contributed by atoms with E-state index in [9.17, 15) is 4.39 Å². The van der Waals surface area contributed by atoms with Crippen LogP contribution in [0.25, 0.3) is 0 Å². The zero-order chi connectivity index (χ0) is 12.5. The van der Waals surface area contributed by atoms with Gasteiger partial charge in [-0.05, 0) is 49.7 Å². The second-order valence-electron chi connectivity index (χ2n) is 5.66. The molecule has 1 nitrogen and oxygen atoms in total. The summed E-state index contributed by atoms with van der Waals surface area (Å²) < 4.78 is 13.8. The number of hydrogen-bond donors (Lipinski definition) is 0. The van der Waals surface area contributed by atoms with Crippen LogP contribution in [0.5, 0.6) is 0 Å². The zero-order valence-electron chi connectivity index (χ0n) is 10.5. The maximum Gasteiger partial charge on any atom is 0.129 e. The van der Waals surface area contributed by atoms with Gasteiger partial charge in [0, 0.05) is 24.3 Å². The monoisotopic (exact) mass is 267 g/mol. The molecule has 0 heterocycles. The third-order valence-corrected chi connectivity index (χ3v) is 4.19. The van der Waals surface area contributed by atoms with Gasteiger partial charge in [-0.25, -0.2) is 4.39 Å². The molecule has 0 radical (unpaired) electrons. The highest BCUT2D eigenvalue weighted by Crippen LogP contribution is 2.37. The van der Waals surface area contributed by atoms with Gasteiger partial charge in [0.15, 0.2) is 0 Å². The smallest absolute Gasteiger partial charge is 0.129 e. The van der Waals surface area contributed by atoms with Crippen molar-refractivity contribution in [3.63, 3.8) is 0 Å². The highest BCUT2D eigenvalue weighted by atomic mass is 35.5. The van der Waals surface area contributed by atoms with E-state index in [1.54, 1.807) is 6.07 Å². The lowest BCUT2D eigenvalue weighted by Gasteiger charge is -2.27. The summed E-state index contributed by atoms with van der Waals surface area (Å²) in [5.41, 5.74) is 1.68. The number of anilines is 1. The largest absolute Gasteiger partial charge is 0.371 e. The van der Waals surface area contributed by atoms with Gasteiger partial charge < -0.3 is 4.90 Å². The summed E-state index contributed by atoms with van der Waals surface area (Å²) in [7, 11) is 0. The van der Waals surface area contributed by atoms with Crippen molar-refractivity contribution >= 4 is 17.3 Å². The SMILES string of the molecule is Fc1cccc(N(CC2CC2)CC2CC2)c1CCl. The van der Waals surface area contributed by atoms with Crippen molar-refractivity contribution in [3.8, 4) is 0 Å². The molecule has 98 valence electrons. The van der Waals surface area contributed by atoms with Crippen LogP contribution in [0.4, 0.5) is 10.1 Å². The minimum Gasteiger partial charge on any atom is -0.371 e. The molecule has 2 aliphatic carbocycles. The summed E-state index contributed by atoms with van der Waals surface area (Å²) in [5, 5.41) is 0. The molecule has 0 amide bonds. The first-order valence-corrected chi connectivity index (χ1v) is 7.39. The van der Waals surface area contributed by atoms with Gasteiger partial charge in [0.25, 0.3) is 0 Å². The van der Waals surface area contributed by atoms with Gasteiger partial charge in [-0.2, -0.15) is 0 Å². The molecule has 2 saturated carbocycles. The van der Waals surface area contributed by atoms with Crippen molar-refractivity contribution in [2.45, 2.75) is 31.6 Å². The highest BCUT2D eigenvalue weighted by Gasteiger charge is 2.30. The molecule has 0 N–H and O–H groups in total. The average molecular weight is 268 g/mol. The van der Waals surface area contributed by atoms with E-state index in [4.69, 9.17) is 11.6 Å². The predicted molar refractivity (Wildman–Crippen MR) is 73.6 cm³/mol. The molecule has 1 aromatic carbocycles. The van der Waals surface area contributed by atoms with E-state index in [1.807, 2.05) is 6.07 Å². The fourth-order valence-electron chi connectivity index (χ4n) is 2.47. The Balaban J connectivity index is 1.84. The standard InChI is InChI=1S/C15H19ClFN/c16-8-13-14(17)2-1-3-15(13)18(9-11-4-5-11)10-12-6-7-12/h1-3,11-12H,4-10H2. The third kappa shape index (κ3) is 2.80. The zero-order valence-corrected chi connectivity index (χ0v) is 11.3. The molecule has 0 bridgehead atoms. The number of alkyl halides is 1. The molecule has 0 aromatic heterocycles. The van der Waals surface area contributed by atoms with Gasteiger partial charge in [0.1, 0.15) is 5.82 Å². The Morgan fingerprint density at radius 3 is 2.22 bits per heavy atom. The predicted octanol–water partition coefficient (Wildman–Crippen LogP) is 4.19. The van der Waals surface area contributed by atoms with Gasteiger partial charge in [-0.15, -0.1) is 11.6 Å². The number of benzene rings is 1. The van der Waals surface area contributed by atoms with Crippen LogP contribution in [0, 0.1) is 17.7 Å². The van der Waals surface area contributed by atoms with E-state index in [-0.39, 0.29) is 11.7 Å². The maximum atomic E-state index is 13.8. The lowest BCUT2D eigenvalue weighted by Crippen LogP contribution is -2.29. The summed E-state index contributed by atoms with van der Waals surface area (Å²) in [4.78, 5) is 2.37. The number of nitrogens with zero attached hydrogens (tertiary/aromatic N) is 1. The molecule has 2 aliphatic rings. The lowest BCUT2D eigenvalue weighted by atomic mass is 10.1. The molecule has 3 rings (SSSR count). The number of halogens is 2. The third-order valence-electron chi connectivity index (χ3n) is 3.92. The molecular weight excluding hydrogens is 249 g/mol. The van der Waals surface area contributed by atoms with Crippen molar-refractivity contribution in [1.29, 1.82) is 0 Å². The highest BCUT2D eigenvalue weighted by molar-refractivity contribution is 6.17. The van der Waals surface area contributed by atoms with Crippen LogP contribution in [-0.2, 0) is 5.88 Å². The van der Waals surface area contributed by atoms with Gasteiger partial charge >= 0.3 is 0 Å². The van der Waals surface area contributed by atoms with Crippen LogP contribution in [0.15, 0.2) is 18.2 Å². The molecule has 0 aliphatic heterocycles. The first kappa shape index (κ1) is 12.3. The van der Waals surface area contributed by atoms with E-state index < -0.39 is 0 Å². The molecule has 3 heteroatoms. The lowest BCUT2D eigenvalue weighted by molar-refractivity contribution is 0.611. The van der Waals surface area contributed by atoms with Gasteiger partial charge in [-0.3, -0.25) is 0 Å². The summed E-state index contributed by atoms with van der Waals surface area (Å²) in [6, 6.07) is 5.33. The maximum absolute atomic E-state index is 13.8. The van der Waals surface area contributed by atoms with E-state index in [0.29, 0.717) is 5.56 Å². The van der Waals surface area contributed by atoms with Crippen LogP contribution in [0.2, 0.25) is 0 Å². The quantitative estimate of drug-likeness (QED) is 0.699. The molecule has 0 saturated heterocycles. The Hall–Kier alpha value is -0.760. The molecule has 0 unspecified atom stereocenters. The van der Waals surface area contributed by atoms with E-state index >= 15 is 0 Å². The topological polar surface area (TPSA) is 3.24 Å². The van der Waals surface area contributed by atoms with Crippen LogP contribution < -0.4 is 4.90 Å². The van der Waals surface area contributed by atoms with Crippen molar-refractivity contribution in [1.82, 2.24) is 0 Å². The normalized spacial score (nSPS) is 19.0. The fraction of sp³-hybridized carbons (Fsp3) is 0.600. The Morgan fingerprint density at radius 2 is 1.72 bits per heavy atom. The van der Waals surface area contributed by atoms with Gasteiger partial charge in [0.05, 0.1) is 5.88 Å². The van der Waals surface area contributed by atoms with Crippen LogP contribution in [-0.4, -0.2) is 13.1 Å². The number of hydrogen-bond acceptors (Lipinski definition) is 1. The number of rotatable bonds is 6. The average Bonchev–Trinajstić information content (AvgIpc) is 3.22. The molecule has 18 heavy (non-hydrogen) atoms. The fourth-order valence-corrected chi connectivity index (χ4v) is 2.74. The van der Waals surface area contributed by atoms with Crippen molar-refractivity contribution in [2.75, 3.05) is 18.0 Å². The Kier molecular flexibility index (Phi) is 3.47. The van der Waals surface area contributed by atoms with Crippen LogP contribution in [0.3, 0.4) is 0 Å². The van der Waals surface area contributed by atoms with Gasteiger partial charge in [-0.1, -0.05) is 6.07 Å². The van der Waals surface area contributed by atoms with Crippen LogP contribution in [0.1, 0.15) is 31.2 Å². The van der Waals surface area contributed by atoms with E-state index in [1.165, 1.54) is 31.7 Å². The Morgan fingerprint density at radius 1 is 1.11 bits per heavy atom. The van der Waals surface area contributed by atoms with Crippen molar-refractivity contribution in [3.05, 3.63) is 29.6 Å². The molecule has 0 atom stereocenters. The summed E-state index contributed by atoms with van der Waals surface area (Å²) in [6.45, 7) is 2.15. The molecular formula is C15H19ClFN. The second kappa shape index (κ2) is 5.08. The molecule has 2 fully saturated rings. The first-order chi connectivity index (χ1) is 8.78. The minimum atomic E-state index is -0.168. The summed E-state index contributed by atoms with van der Waals surface area (Å²) >= 11 is 5.92. The van der Waals surface area contributed by atoms with E-state index in [0.717, 1.165) is 30.6 Å². The minimum absolute atomic E-state index is 0.168. The second-order valence-corrected chi connectivity index (χ2v) is 5.93. The van der Waals surface area contributed by atoms with Crippen molar-refractivity contribution in [2.24, 2.45) is 11.8 Å². The molecule has 1 aromatic rings. The van der Waals surface area contributed by atoms with Crippen LogP contribution >= 0.6 is 11.6 Å². The summed E-state index contributed by atoms with van der Waals surface area (Å²) in [6.07, 6.45) is 5.30. The Labute approximate surface area is 113 Å². The summed E-state index contributed by atoms with van der Waals surface area (Å²) in [5.74, 6) is 1.72. The Bertz CT molecular complexity index is 413. The van der Waals surface area contributed by atoms with Gasteiger partial charge in [0.2, 0.25) is 0 Å². The first-order valence-electron chi connectivity index (χ1n) is 6.86. The van der Waals surface area contributed by atoms with E-state index in [2.05, 4.69) is 4.90 Å². The van der Waals surface area contributed by atoms with Crippen molar-refractivity contribution < 1.29 is 4.39 Å². The molecule has 0 spiro atoms.